The van der Waals surface area contributed by atoms with Gasteiger partial charge in [-0.15, -0.1) is 0 Å². The lowest BCUT2D eigenvalue weighted by molar-refractivity contribution is 0.397. The Kier molecular flexibility index (Phi) is 4.64. The van der Waals surface area contributed by atoms with Gasteiger partial charge in [0.05, 0.1) is 11.2 Å². The van der Waals surface area contributed by atoms with Crippen LogP contribution in [0.4, 0.5) is 0 Å². The molecule has 22 heavy (non-hydrogen) atoms. The van der Waals surface area contributed by atoms with Gasteiger partial charge in [0.2, 0.25) is 8.32 Å². The quantitative estimate of drug-likeness (QED) is 0.766. The molecule has 0 N–H and O–H groups in total. The Morgan fingerprint density at radius 3 is 2.32 bits per heavy atom. The molecule has 0 saturated heterocycles. The molecule has 0 radical (unpaired) electrons. The van der Waals surface area contributed by atoms with Crippen molar-refractivity contribution in [3.8, 4) is 5.75 Å². The summed E-state index contributed by atoms with van der Waals surface area (Å²) >= 11 is 0. The summed E-state index contributed by atoms with van der Waals surface area (Å²) in [5.74, 6) is 0.939. The maximum absolute atomic E-state index is 6.38. The van der Waals surface area contributed by atoms with Crippen molar-refractivity contribution in [2.75, 3.05) is 14.1 Å². The Hall–Kier alpha value is -1.39. The van der Waals surface area contributed by atoms with Gasteiger partial charge in [-0.25, -0.2) is 0 Å². The normalized spacial score (nSPS) is 12.9. The molecule has 0 aliphatic rings. The Morgan fingerprint density at radius 2 is 1.73 bits per heavy atom. The number of pyridine rings is 1. The average Bonchev–Trinajstić information content (AvgIpc) is 2.35. The second-order valence-electron chi connectivity index (χ2n) is 7.76. The molecule has 1 heterocycles. The van der Waals surface area contributed by atoms with E-state index in [0.29, 0.717) is 0 Å². The van der Waals surface area contributed by atoms with Crippen molar-refractivity contribution < 1.29 is 4.43 Å². The van der Waals surface area contributed by atoms with Crippen LogP contribution in [0.3, 0.4) is 0 Å². The molecule has 0 unspecified atom stereocenters. The lowest BCUT2D eigenvalue weighted by atomic mass is 10.2. The molecule has 120 valence electrons. The van der Waals surface area contributed by atoms with Gasteiger partial charge in [0.25, 0.3) is 0 Å². The fourth-order valence-corrected chi connectivity index (χ4v) is 3.08. The van der Waals surface area contributed by atoms with Crippen LogP contribution in [-0.4, -0.2) is 32.3 Å². The summed E-state index contributed by atoms with van der Waals surface area (Å²) in [5.41, 5.74) is 2.09. The molecule has 0 amide bonds. The van der Waals surface area contributed by atoms with Gasteiger partial charge in [-0.05, 0) is 50.4 Å². The van der Waals surface area contributed by atoms with Crippen LogP contribution in [0.5, 0.6) is 5.75 Å². The number of nitrogens with zero attached hydrogens (tertiary/aromatic N) is 2. The van der Waals surface area contributed by atoms with E-state index in [4.69, 9.17) is 9.41 Å². The van der Waals surface area contributed by atoms with E-state index in [2.05, 4.69) is 83.2 Å². The van der Waals surface area contributed by atoms with E-state index >= 15 is 0 Å². The van der Waals surface area contributed by atoms with Crippen molar-refractivity contribution >= 4 is 19.2 Å². The molecule has 1 aromatic heterocycles. The number of benzene rings is 1. The lowest BCUT2D eigenvalue weighted by Crippen LogP contribution is -2.43. The second kappa shape index (κ2) is 6.01. The minimum absolute atomic E-state index is 0.197. The monoisotopic (exact) mass is 316 g/mol. The number of aromatic nitrogens is 1. The van der Waals surface area contributed by atoms with Gasteiger partial charge >= 0.3 is 0 Å². The van der Waals surface area contributed by atoms with Gasteiger partial charge in [-0.3, -0.25) is 4.98 Å². The van der Waals surface area contributed by atoms with Crippen molar-refractivity contribution in [3.05, 3.63) is 36.0 Å². The SMILES string of the molecule is CN(C)Cc1ccc2ccc(O[Si](C)(C)C(C)(C)C)cc2n1. The topological polar surface area (TPSA) is 25.4 Å². The highest BCUT2D eigenvalue weighted by Crippen LogP contribution is 2.37. The van der Waals surface area contributed by atoms with Crippen molar-refractivity contribution in [3.63, 3.8) is 0 Å². The van der Waals surface area contributed by atoms with Crippen LogP contribution >= 0.6 is 0 Å². The van der Waals surface area contributed by atoms with Crippen molar-refractivity contribution in [2.45, 2.75) is 45.4 Å². The zero-order valence-electron chi connectivity index (χ0n) is 14.9. The van der Waals surface area contributed by atoms with E-state index in [1.54, 1.807) is 0 Å². The van der Waals surface area contributed by atoms with E-state index in [1.165, 1.54) is 0 Å². The zero-order valence-corrected chi connectivity index (χ0v) is 15.9. The van der Waals surface area contributed by atoms with Gasteiger partial charge in [0.1, 0.15) is 5.75 Å². The van der Waals surface area contributed by atoms with E-state index < -0.39 is 8.32 Å². The van der Waals surface area contributed by atoms with Gasteiger partial charge in [-0.2, -0.15) is 0 Å². The summed E-state index contributed by atoms with van der Waals surface area (Å²) in [6.45, 7) is 12.2. The minimum atomic E-state index is -1.81. The van der Waals surface area contributed by atoms with Crippen LogP contribution in [0.1, 0.15) is 26.5 Å². The van der Waals surface area contributed by atoms with Crippen LogP contribution < -0.4 is 4.43 Å². The summed E-state index contributed by atoms with van der Waals surface area (Å²) < 4.78 is 6.38. The van der Waals surface area contributed by atoms with Gasteiger partial charge in [0.15, 0.2) is 0 Å². The molecule has 1 aromatic carbocycles. The van der Waals surface area contributed by atoms with Gasteiger partial charge in [-0.1, -0.05) is 26.8 Å². The molecule has 0 aliphatic carbocycles. The number of hydrogen-bond acceptors (Lipinski definition) is 3. The first kappa shape index (κ1) is 17.0. The molecular weight excluding hydrogens is 288 g/mol. The number of rotatable bonds is 4. The first-order chi connectivity index (χ1) is 10.1. The van der Waals surface area contributed by atoms with Crippen LogP contribution in [0.25, 0.3) is 10.9 Å². The summed E-state index contributed by atoms with van der Waals surface area (Å²) in [7, 11) is 2.31. The third-order valence-corrected chi connectivity index (χ3v) is 8.74. The van der Waals surface area contributed by atoms with Crippen molar-refractivity contribution in [2.24, 2.45) is 0 Å². The molecule has 0 saturated carbocycles. The molecule has 0 bridgehead atoms. The third-order valence-electron chi connectivity index (χ3n) is 4.38. The Labute approximate surface area is 135 Å². The average molecular weight is 317 g/mol. The third kappa shape index (κ3) is 3.87. The predicted molar refractivity (Wildman–Crippen MR) is 97.0 cm³/mol. The van der Waals surface area contributed by atoms with E-state index in [0.717, 1.165) is 28.9 Å². The van der Waals surface area contributed by atoms with Gasteiger partial charge in [0, 0.05) is 18.0 Å². The van der Waals surface area contributed by atoms with Crippen LogP contribution in [0, 0.1) is 0 Å². The molecular formula is C18H28N2OSi. The Balaban J connectivity index is 2.33. The van der Waals surface area contributed by atoms with E-state index in [1.807, 2.05) is 0 Å². The second-order valence-corrected chi connectivity index (χ2v) is 12.5. The largest absolute Gasteiger partial charge is 0.543 e. The van der Waals surface area contributed by atoms with E-state index in [-0.39, 0.29) is 5.04 Å². The molecule has 0 spiro atoms. The van der Waals surface area contributed by atoms with Crippen molar-refractivity contribution in [1.29, 1.82) is 0 Å². The molecule has 0 atom stereocenters. The maximum Gasteiger partial charge on any atom is 0.250 e. The maximum atomic E-state index is 6.38. The molecule has 0 aliphatic heterocycles. The van der Waals surface area contributed by atoms with Crippen molar-refractivity contribution in [1.82, 2.24) is 9.88 Å². The standard InChI is InChI=1S/C18H28N2OSi/c1-18(2,3)22(6,7)21-16-11-9-14-8-10-15(13-20(4)5)19-17(14)12-16/h8-12H,13H2,1-7H3. The van der Waals surface area contributed by atoms with Crippen LogP contribution in [0.15, 0.2) is 30.3 Å². The lowest BCUT2D eigenvalue weighted by Gasteiger charge is -2.36. The fourth-order valence-electron chi connectivity index (χ4n) is 2.06. The Morgan fingerprint density at radius 1 is 1.09 bits per heavy atom. The predicted octanol–water partition coefficient (Wildman–Crippen LogP) is 4.68. The first-order valence-electron chi connectivity index (χ1n) is 7.82. The summed E-state index contributed by atoms with van der Waals surface area (Å²) in [5, 5.41) is 1.35. The van der Waals surface area contributed by atoms with Gasteiger partial charge < -0.3 is 9.33 Å². The number of fused-ring (bicyclic) bond motifs is 1. The smallest absolute Gasteiger partial charge is 0.250 e. The highest BCUT2D eigenvalue weighted by molar-refractivity contribution is 6.74. The summed E-state index contributed by atoms with van der Waals surface area (Å²) in [4.78, 5) is 6.89. The molecule has 0 fully saturated rings. The minimum Gasteiger partial charge on any atom is -0.543 e. The van der Waals surface area contributed by atoms with Crippen LogP contribution in [0.2, 0.25) is 18.1 Å². The van der Waals surface area contributed by atoms with Crippen LogP contribution in [-0.2, 0) is 6.54 Å². The molecule has 3 nitrogen and oxygen atoms in total. The molecule has 2 rings (SSSR count). The Bertz CT molecular complexity index is 660. The van der Waals surface area contributed by atoms with E-state index in [9.17, 15) is 0 Å². The zero-order chi connectivity index (χ0) is 16.5. The fraction of sp³-hybridized carbons (Fsp3) is 0.500. The molecule has 4 heteroatoms. The number of hydrogen-bond donors (Lipinski definition) is 0. The molecule has 2 aromatic rings. The first-order valence-corrected chi connectivity index (χ1v) is 10.7. The highest BCUT2D eigenvalue weighted by atomic mass is 28.4. The highest BCUT2D eigenvalue weighted by Gasteiger charge is 2.38. The summed E-state index contributed by atoms with van der Waals surface area (Å²) in [6.07, 6.45) is 0. The summed E-state index contributed by atoms with van der Waals surface area (Å²) in [6, 6.07) is 10.5.